The molecule has 8 nitrogen and oxygen atoms in total. The molecule has 0 amide bonds. The predicted octanol–water partition coefficient (Wildman–Crippen LogP) is 4.73. The lowest BCUT2D eigenvalue weighted by atomic mass is 9.72. The van der Waals surface area contributed by atoms with Crippen LogP contribution in [0.3, 0.4) is 0 Å². The molecular weight excluding hydrogens is 436 g/mol. The third-order valence-corrected chi connectivity index (χ3v) is 7.08. The van der Waals surface area contributed by atoms with Crippen LogP contribution in [0.2, 0.25) is 0 Å². The first-order valence-corrected chi connectivity index (χ1v) is 11.7. The van der Waals surface area contributed by atoms with E-state index in [9.17, 15) is 0 Å². The van der Waals surface area contributed by atoms with Crippen LogP contribution in [0.25, 0.3) is 50.5 Å². The summed E-state index contributed by atoms with van der Waals surface area (Å²) in [6.45, 7) is 0. The number of rotatable bonds is 4. The van der Waals surface area contributed by atoms with E-state index < -0.39 is 0 Å². The summed E-state index contributed by atoms with van der Waals surface area (Å²) in [5.74, 6) is 0.628. The Bertz CT molecular complexity index is 1660. The first-order chi connectivity index (χ1) is 17.2. The van der Waals surface area contributed by atoms with Crippen molar-refractivity contribution in [1.82, 2.24) is 35.0 Å². The van der Waals surface area contributed by atoms with Crippen LogP contribution in [0.1, 0.15) is 24.8 Å². The minimum Gasteiger partial charge on any atom is -0.321 e. The van der Waals surface area contributed by atoms with Crippen molar-refractivity contribution in [2.45, 2.75) is 24.8 Å². The van der Waals surface area contributed by atoms with Gasteiger partial charge in [0.05, 0.1) is 17.4 Å². The number of nitrogens with two attached hydrogens (primary N) is 1. The van der Waals surface area contributed by atoms with Crippen LogP contribution < -0.4 is 5.73 Å². The van der Waals surface area contributed by atoms with Crippen molar-refractivity contribution >= 4 is 16.6 Å². The fraction of sp³-hybridized carbons (Fsp3) is 0.148. The zero-order valence-electron chi connectivity index (χ0n) is 18.9. The molecule has 0 atom stereocenters. The van der Waals surface area contributed by atoms with Gasteiger partial charge >= 0.3 is 0 Å². The Labute approximate surface area is 200 Å². The molecule has 2 aromatic carbocycles. The van der Waals surface area contributed by atoms with Gasteiger partial charge in [-0.05, 0) is 42.5 Å². The lowest BCUT2D eigenvalue weighted by molar-refractivity contribution is 0.253. The SMILES string of the molecule is NC1(c2ccc(-c3nc4ccn5c(-c6cn[nH]n6)nnc5c4cc3-c3ccccc3)cc2)CCC1. The largest absolute Gasteiger partial charge is 0.321 e. The molecule has 6 aromatic rings. The Morgan fingerprint density at radius 1 is 0.914 bits per heavy atom. The van der Waals surface area contributed by atoms with Gasteiger partial charge in [0.2, 0.25) is 0 Å². The smallest absolute Gasteiger partial charge is 0.190 e. The van der Waals surface area contributed by atoms with Crippen molar-refractivity contribution in [3.8, 4) is 33.9 Å². The molecule has 170 valence electrons. The van der Waals surface area contributed by atoms with Gasteiger partial charge in [0, 0.05) is 28.2 Å². The van der Waals surface area contributed by atoms with Crippen LogP contribution in [0.5, 0.6) is 0 Å². The van der Waals surface area contributed by atoms with Gasteiger partial charge in [0.1, 0.15) is 0 Å². The molecule has 1 aliphatic rings. The highest BCUT2D eigenvalue weighted by Crippen LogP contribution is 2.40. The number of hydrogen-bond acceptors (Lipinski definition) is 6. The molecule has 4 aromatic heterocycles. The van der Waals surface area contributed by atoms with Crippen molar-refractivity contribution in [1.29, 1.82) is 0 Å². The highest BCUT2D eigenvalue weighted by molar-refractivity contribution is 5.98. The Morgan fingerprint density at radius 3 is 2.46 bits per heavy atom. The normalized spacial score (nSPS) is 14.9. The van der Waals surface area contributed by atoms with Crippen LogP contribution in [0.15, 0.2) is 79.1 Å². The molecule has 4 heterocycles. The number of aromatic nitrogens is 7. The molecular formula is C27H22N8. The second-order valence-electron chi connectivity index (χ2n) is 9.16. The fourth-order valence-electron chi connectivity index (χ4n) is 4.94. The first-order valence-electron chi connectivity index (χ1n) is 11.7. The number of pyridine rings is 2. The van der Waals surface area contributed by atoms with Crippen molar-refractivity contribution < 1.29 is 0 Å². The molecule has 1 aliphatic carbocycles. The summed E-state index contributed by atoms with van der Waals surface area (Å²) < 4.78 is 1.92. The molecule has 3 N–H and O–H groups in total. The van der Waals surface area contributed by atoms with E-state index in [-0.39, 0.29) is 5.54 Å². The van der Waals surface area contributed by atoms with E-state index in [4.69, 9.17) is 10.7 Å². The average Bonchev–Trinajstić information content (AvgIpc) is 3.57. The van der Waals surface area contributed by atoms with E-state index in [1.54, 1.807) is 6.20 Å². The maximum absolute atomic E-state index is 6.56. The molecule has 1 fully saturated rings. The summed E-state index contributed by atoms with van der Waals surface area (Å²) >= 11 is 0. The van der Waals surface area contributed by atoms with E-state index in [1.807, 2.05) is 34.9 Å². The number of fused-ring (bicyclic) bond motifs is 3. The monoisotopic (exact) mass is 458 g/mol. The molecule has 0 unspecified atom stereocenters. The Hall–Kier alpha value is -4.43. The zero-order chi connectivity index (χ0) is 23.4. The summed E-state index contributed by atoms with van der Waals surface area (Å²) in [6, 6.07) is 23.1. The Morgan fingerprint density at radius 2 is 1.74 bits per heavy atom. The van der Waals surface area contributed by atoms with Crippen molar-refractivity contribution in [2.24, 2.45) is 5.73 Å². The van der Waals surface area contributed by atoms with Crippen molar-refractivity contribution in [3.05, 3.63) is 84.7 Å². The summed E-state index contributed by atoms with van der Waals surface area (Å²) in [4.78, 5) is 5.12. The molecule has 7 rings (SSSR count). The fourth-order valence-corrected chi connectivity index (χ4v) is 4.94. The lowest BCUT2D eigenvalue weighted by Gasteiger charge is -2.38. The number of H-pyrrole nitrogens is 1. The van der Waals surface area contributed by atoms with Crippen LogP contribution in [-0.4, -0.2) is 35.0 Å². The van der Waals surface area contributed by atoms with Gasteiger partial charge in [-0.25, -0.2) is 4.98 Å². The van der Waals surface area contributed by atoms with E-state index in [0.29, 0.717) is 11.5 Å². The molecule has 0 saturated heterocycles. The Kier molecular flexibility index (Phi) is 4.31. The number of hydrogen-bond donors (Lipinski definition) is 2. The van der Waals surface area contributed by atoms with Gasteiger partial charge in [-0.3, -0.25) is 4.40 Å². The van der Waals surface area contributed by atoms with Crippen LogP contribution in [0, 0.1) is 0 Å². The van der Waals surface area contributed by atoms with Crippen molar-refractivity contribution in [2.75, 3.05) is 0 Å². The molecule has 35 heavy (non-hydrogen) atoms. The molecule has 8 heteroatoms. The highest BCUT2D eigenvalue weighted by Gasteiger charge is 2.34. The molecule has 0 radical (unpaired) electrons. The van der Waals surface area contributed by atoms with Crippen LogP contribution >= 0.6 is 0 Å². The molecule has 0 aliphatic heterocycles. The third-order valence-electron chi connectivity index (χ3n) is 7.08. The summed E-state index contributed by atoms with van der Waals surface area (Å²) in [5.41, 5.74) is 13.9. The van der Waals surface area contributed by atoms with Gasteiger partial charge in [0.15, 0.2) is 17.2 Å². The third kappa shape index (κ3) is 3.14. The zero-order valence-corrected chi connectivity index (χ0v) is 18.9. The number of benzene rings is 2. The topological polar surface area (TPSA) is 111 Å². The molecule has 0 bridgehead atoms. The standard InChI is InChI=1S/C27H22N8/c28-27(12-4-13-27)19-9-7-18(8-10-19)24-20(17-5-2-1-3-6-17)15-21-22(30-24)11-14-35-25(21)32-33-26(35)23-16-29-34-31-23/h1-3,5-11,14-16H,4,12-13,28H2,(H,29,31,34). The first kappa shape index (κ1) is 20.0. The number of aromatic amines is 1. The molecule has 0 spiro atoms. The quantitative estimate of drug-likeness (QED) is 0.395. The second kappa shape index (κ2) is 7.54. The van der Waals surface area contributed by atoms with E-state index in [0.717, 1.165) is 51.8 Å². The summed E-state index contributed by atoms with van der Waals surface area (Å²) in [5, 5.41) is 20.5. The van der Waals surface area contributed by atoms with Gasteiger partial charge < -0.3 is 5.73 Å². The van der Waals surface area contributed by atoms with Gasteiger partial charge in [-0.15, -0.1) is 10.2 Å². The maximum Gasteiger partial charge on any atom is 0.190 e. The summed E-state index contributed by atoms with van der Waals surface area (Å²) in [7, 11) is 0. The lowest BCUT2D eigenvalue weighted by Crippen LogP contribution is -2.43. The maximum atomic E-state index is 6.56. The van der Waals surface area contributed by atoms with Gasteiger partial charge in [0.25, 0.3) is 0 Å². The number of nitrogens with one attached hydrogen (secondary N) is 1. The second-order valence-corrected chi connectivity index (χ2v) is 9.16. The van der Waals surface area contributed by atoms with Gasteiger partial charge in [-0.2, -0.15) is 15.4 Å². The van der Waals surface area contributed by atoms with E-state index >= 15 is 0 Å². The van der Waals surface area contributed by atoms with Gasteiger partial charge in [-0.1, -0.05) is 54.6 Å². The number of nitrogens with zero attached hydrogens (tertiary/aromatic N) is 6. The van der Waals surface area contributed by atoms with E-state index in [2.05, 4.69) is 68.1 Å². The summed E-state index contributed by atoms with van der Waals surface area (Å²) in [6.07, 6.45) is 6.84. The van der Waals surface area contributed by atoms with Crippen LogP contribution in [-0.2, 0) is 5.54 Å². The average molecular weight is 459 g/mol. The highest BCUT2D eigenvalue weighted by atomic mass is 15.3. The van der Waals surface area contributed by atoms with Crippen LogP contribution in [0.4, 0.5) is 0 Å². The minimum absolute atomic E-state index is 0.182. The Balaban J connectivity index is 1.43. The van der Waals surface area contributed by atoms with Crippen molar-refractivity contribution in [3.63, 3.8) is 0 Å². The minimum atomic E-state index is -0.182. The molecule has 1 saturated carbocycles. The predicted molar refractivity (Wildman–Crippen MR) is 134 cm³/mol. The van der Waals surface area contributed by atoms with E-state index in [1.165, 1.54) is 12.0 Å².